The maximum atomic E-state index is 5.89. The van der Waals surface area contributed by atoms with Gasteiger partial charge in [0.25, 0.3) is 0 Å². The van der Waals surface area contributed by atoms with Crippen LogP contribution >= 0.6 is 0 Å². The highest BCUT2D eigenvalue weighted by Crippen LogP contribution is 2.36. The minimum atomic E-state index is -1.68. The zero-order valence-electron chi connectivity index (χ0n) is 9.46. The normalized spacial score (nSPS) is 13.2. The summed E-state index contributed by atoms with van der Waals surface area (Å²) in [4.78, 5) is 0. The molecular weight excluding hydrogens is 196 g/mol. The highest BCUT2D eigenvalue weighted by molar-refractivity contribution is 6.74. The van der Waals surface area contributed by atoms with E-state index in [0.29, 0.717) is 12.4 Å². The number of rotatable bonds is 3. The van der Waals surface area contributed by atoms with Gasteiger partial charge in [0.15, 0.2) is 14.1 Å². The molecule has 1 N–H and O–H groups in total. The largest absolute Gasteiger partial charge is 0.409 e. The van der Waals surface area contributed by atoms with Gasteiger partial charge in [-0.05, 0) is 18.1 Å². The van der Waals surface area contributed by atoms with Crippen molar-refractivity contribution in [1.82, 2.24) is 20.6 Å². The van der Waals surface area contributed by atoms with E-state index in [1.54, 1.807) is 0 Å². The van der Waals surface area contributed by atoms with Gasteiger partial charge in [-0.3, -0.25) is 0 Å². The van der Waals surface area contributed by atoms with E-state index in [1.807, 2.05) is 0 Å². The molecule has 0 aliphatic carbocycles. The topological polar surface area (TPSA) is 63.7 Å². The first kappa shape index (κ1) is 11.3. The van der Waals surface area contributed by atoms with Crippen LogP contribution in [0.25, 0.3) is 0 Å². The van der Waals surface area contributed by atoms with E-state index in [4.69, 9.17) is 4.43 Å². The van der Waals surface area contributed by atoms with Crippen molar-refractivity contribution in [3.8, 4) is 0 Å². The Bertz CT molecular complexity index is 278. The summed E-state index contributed by atoms with van der Waals surface area (Å²) >= 11 is 0. The van der Waals surface area contributed by atoms with E-state index in [-0.39, 0.29) is 5.04 Å². The van der Waals surface area contributed by atoms with Crippen molar-refractivity contribution >= 4 is 8.32 Å². The molecule has 0 unspecified atom stereocenters. The van der Waals surface area contributed by atoms with Crippen LogP contribution in [0.15, 0.2) is 0 Å². The number of nitrogens with zero attached hydrogens (tertiary/aromatic N) is 3. The van der Waals surface area contributed by atoms with Crippen LogP contribution in [0.5, 0.6) is 0 Å². The van der Waals surface area contributed by atoms with E-state index in [1.165, 1.54) is 0 Å². The molecule has 0 amide bonds. The van der Waals surface area contributed by atoms with Gasteiger partial charge < -0.3 is 4.43 Å². The van der Waals surface area contributed by atoms with Crippen molar-refractivity contribution < 1.29 is 4.43 Å². The summed E-state index contributed by atoms with van der Waals surface area (Å²) < 4.78 is 5.89. The quantitative estimate of drug-likeness (QED) is 0.778. The zero-order chi connectivity index (χ0) is 10.8. The Labute approximate surface area is 85.4 Å². The fraction of sp³-hybridized carbons (Fsp3) is 0.875. The molecule has 0 saturated carbocycles. The van der Waals surface area contributed by atoms with Gasteiger partial charge in [0.1, 0.15) is 0 Å². The second-order valence-corrected chi connectivity index (χ2v) is 9.69. The van der Waals surface area contributed by atoms with Crippen LogP contribution in [-0.2, 0) is 11.0 Å². The van der Waals surface area contributed by atoms with Crippen molar-refractivity contribution in [3.05, 3.63) is 5.82 Å². The number of hydrogen-bond donors (Lipinski definition) is 1. The first-order valence-corrected chi connectivity index (χ1v) is 7.60. The standard InChI is InChI=1S/C8H18N4OSi/c1-8(2,3)14(4,5)13-6-7-9-11-12-10-7/h6H2,1-5H3,(H,9,10,11,12). The number of tetrazole rings is 1. The zero-order valence-corrected chi connectivity index (χ0v) is 10.5. The maximum Gasteiger partial charge on any atom is 0.198 e. The molecule has 14 heavy (non-hydrogen) atoms. The maximum absolute atomic E-state index is 5.89. The predicted octanol–water partition coefficient (Wildman–Crippen LogP) is 1.72. The van der Waals surface area contributed by atoms with Crippen molar-refractivity contribution in [2.75, 3.05) is 0 Å². The predicted molar refractivity (Wildman–Crippen MR) is 56.2 cm³/mol. The fourth-order valence-electron chi connectivity index (χ4n) is 0.705. The number of hydrogen-bond acceptors (Lipinski definition) is 4. The number of nitrogens with one attached hydrogen (secondary N) is 1. The molecule has 0 aliphatic rings. The molecule has 0 bridgehead atoms. The molecule has 80 valence electrons. The Balaban J connectivity index is 2.53. The van der Waals surface area contributed by atoms with E-state index in [0.717, 1.165) is 0 Å². The molecule has 0 radical (unpaired) electrons. The number of aromatic nitrogens is 4. The summed E-state index contributed by atoms with van der Waals surface area (Å²) in [6.07, 6.45) is 0. The van der Waals surface area contributed by atoms with E-state index >= 15 is 0 Å². The third kappa shape index (κ3) is 2.62. The summed E-state index contributed by atoms with van der Waals surface area (Å²) in [6.45, 7) is 11.5. The van der Waals surface area contributed by atoms with Crippen LogP contribution < -0.4 is 0 Å². The minimum absolute atomic E-state index is 0.219. The Morgan fingerprint density at radius 3 is 2.43 bits per heavy atom. The van der Waals surface area contributed by atoms with Crippen molar-refractivity contribution in [2.24, 2.45) is 0 Å². The molecule has 0 fully saturated rings. The smallest absolute Gasteiger partial charge is 0.198 e. The summed E-state index contributed by atoms with van der Waals surface area (Å²) in [7, 11) is -1.68. The summed E-state index contributed by atoms with van der Waals surface area (Å²) in [5.41, 5.74) is 0. The molecule has 6 heteroatoms. The molecule has 1 aromatic rings. The van der Waals surface area contributed by atoms with Crippen LogP contribution in [0.4, 0.5) is 0 Å². The van der Waals surface area contributed by atoms with Crippen molar-refractivity contribution in [3.63, 3.8) is 0 Å². The molecule has 0 atom stereocenters. The van der Waals surface area contributed by atoms with Crippen LogP contribution in [0.3, 0.4) is 0 Å². The molecule has 1 rings (SSSR count). The first-order chi connectivity index (χ1) is 6.33. The fourth-order valence-corrected chi connectivity index (χ4v) is 1.63. The van der Waals surface area contributed by atoms with Crippen LogP contribution in [0.1, 0.15) is 26.6 Å². The molecule has 0 aromatic carbocycles. The molecular formula is C8H18N4OSi. The van der Waals surface area contributed by atoms with Gasteiger partial charge in [0.2, 0.25) is 0 Å². The van der Waals surface area contributed by atoms with Gasteiger partial charge in [0.05, 0.1) is 6.61 Å². The second-order valence-electron chi connectivity index (χ2n) is 4.88. The third-order valence-corrected chi connectivity index (χ3v) is 7.24. The van der Waals surface area contributed by atoms with Crippen molar-refractivity contribution in [2.45, 2.75) is 45.5 Å². The van der Waals surface area contributed by atoms with E-state index < -0.39 is 8.32 Å². The lowest BCUT2D eigenvalue weighted by molar-refractivity contribution is 0.267. The molecule has 1 aromatic heterocycles. The lowest BCUT2D eigenvalue weighted by Gasteiger charge is -2.35. The van der Waals surface area contributed by atoms with Crippen LogP contribution in [-0.4, -0.2) is 28.9 Å². The number of H-pyrrole nitrogens is 1. The summed E-state index contributed by atoms with van der Waals surface area (Å²) in [5, 5.41) is 13.8. The SMILES string of the molecule is CC(C)(C)[Si](C)(C)OCc1nn[nH]n1. The first-order valence-electron chi connectivity index (χ1n) is 4.69. The lowest BCUT2D eigenvalue weighted by Crippen LogP contribution is -2.40. The molecule has 0 aliphatic heterocycles. The monoisotopic (exact) mass is 214 g/mol. The summed E-state index contributed by atoms with van der Waals surface area (Å²) in [5.74, 6) is 0.620. The molecule has 5 nitrogen and oxygen atoms in total. The Morgan fingerprint density at radius 1 is 1.36 bits per heavy atom. The van der Waals surface area contributed by atoms with E-state index in [9.17, 15) is 0 Å². The Hall–Kier alpha value is -0.753. The molecule has 0 spiro atoms. The van der Waals surface area contributed by atoms with Crippen molar-refractivity contribution in [1.29, 1.82) is 0 Å². The minimum Gasteiger partial charge on any atom is -0.409 e. The highest BCUT2D eigenvalue weighted by Gasteiger charge is 2.37. The van der Waals surface area contributed by atoms with Gasteiger partial charge in [-0.25, -0.2) is 0 Å². The highest BCUT2D eigenvalue weighted by atomic mass is 28.4. The molecule has 1 heterocycles. The van der Waals surface area contributed by atoms with Gasteiger partial charge in [0, 0.05) is 0 Å². The average Bonchev–Trinajstić information content (AvgIpc) is 2.50. The second kappa shape index (κ2) is 3.78. The Morgan fingerprint density at radius 2 is 2.00 bits per heavy atom. The van der Waals surface area contributed by atoms with Crippen LogP contribution in [0.2, 0.25) is 18.1 Å². The van der Waals surface area contributed by atoms with Crippen LogP contribution in [0, 0.1) is 0 Å². The molecule has 0 saturated heterocycles. The number of aromatic amines is 1. The van der Waals surface area contributed by atoms with Gasteiger partial charge in [-0.1, -0.05) is 26.0 Å². The lowest BCUT2D eigenvalue weighted by atomic mass is 10.2. The van der Waals surface area contributed by atoms with Gasteiger partial charge in [-0.2, -0.15) is 5.21 Å². The summed E-state index contributed by atoms with van der Waals surface area (Å²) in [6, 6.07) is 0. The van der Waals surface area contributed by atoms with E-state index in [2.05, 4.69) is 54.5 Å². The third-order valence-electron chi connectivity index (χ3n) is 2.76. The van der Waals surface area contributed by atoms with Gasteiger partial charge in [-0.15, -0.1) is 10.2 Å². The average molecular weight is 214 g/mol. The Kier molecular flexibility index (Phi) is 3.06. The van der Waals surface area contributed by atoms with Gasteiger partial charge >= 0.3 is 0 Å².